The van der Waals surface area contributed by atoms with Gasteiger partial charge in [-0.25, -0.2) is 0 Å². The molecule has 3 rings (SSSR count). The summed E-state index contributed by atoms with van der Waals surface area (Å²) in [5.41, 5.74) is 8.86. The molecule has 2 N–H and O–H groups in total. The van der Waals surface area contributed by atoms with Gasteiger partial charge in [0.05, 0.1) is 24.0 Å². The summed E-state index contributed by atoms with van der Waals surface area (Å²) in [4.78, 5) is 14.7. The second-order valence-electron chi connectivity index (χ2n) is 6.13. The Morgan fingerprint density at radius 3 is 2.54 bits per heavy atom. The number of hydrogen-bond donors (Lipinski definition) is 1. The van der Waals surface area contributed by atoms with Gasteiger partial charge >= 0.3 is 0 Å². The number of nitrogens with two attached hydrogens (primary N) is 1. The van der Waals surface area contributed by atoms with Crippen LogP contribution in [0.4, 0.5) is 0 Å². The van der Waals surface area contributed by atoms with Crippen molar-refractivity contribution in [2.24, 2.45) is 5.73 Å². The Morgan fingerprint density at radius 1 is 1.25 bits per heavy atom. The summed E-state index contributed by atoms with van der Waals surface area (Å²) >= 11 is 0. The van der Waals surface area contributed by atoms with Crippen LogP contribution in [0.3, 0.4) is 0 Å². The van der Waals surface area contributed by atoms with Crippen LogP contribution in [0.2, 0.25) is 0 Å². The van der Waals surface area contributed by atoms with Gasteiger partial charge in [-0.1, -0.05) is 37.3 Å². The second-order valence-corrected chi connectivity index (χ2v) is 6.13. The molecule has 1 aromatic heterocycles. The predicted octanol–water partition coefficient (Wildman–Crippen LogP) is 2.48. The summed E-state index contributed by atoms with van der Waals surface area (Å²) in [5.74, 6) is 0.0908. The van der Waals surface area contributed by atoms with E-state index in [1.807, 2.05) is 27.8 Å². The van der Waals surface area contributed by atoms with Crippen molar-refractivity contribution in [3.05, 3.63) is 53.3 Å². The highest BCUT2D eigenvalue weighted by atomic mass is 35.5. The Morgan fingerprint density at radius 2 is 1.92 bits per heavy atom. The molecule has 1 saturated heterocycles. The Balaban J connectivity index is 0.00000208. The third-order valence-corrected chi connectivity index (χ3v) is 4.52. The number of hydrogen-bond acceptors (Lipinski definition) is 3. The Hall–Kier alpha value is -1.85. The van der Waals surface area contributed by atoms with Crippen LogP contribution in [0.1, 0.15) is 41.4 Å². The molecule has 130 valence electrons. The van der Waals surface area contributed by atoms with E-state index in [1.54, 1.807) is 6.20 Å². The number of carbonyl (C=O) groups is 1. The zero-order valence-electron chi connectivity index (χ0n) is 14.0. The lowest BCUT2D eigenvalue weighted by atomic mass is 10.0. The maximum Gasteiger partial charge on any atom is 0.257 e. The fourth-order valence-electron chi connectivity index (χ4n) is 3.13. The first kappa shape index (κ1) is 18.5. The van der Waals surface area contributed by atoms with Crippen molar-refractivity contribution < 1.29 is 4.79 Å². The molecule has 0 atom stereocenters. The summed E-state index contributed by atoms with van der Waals surface area (Å²) in [5, 5.41) is 4.46. The van der Waals surface area contributed by atoms with E-state index in [-0.39, 0.29) is 24.4 Å². The number of rotatable bonds is 4. The van der Waals surface area contributed by atoms with Gasteiger partial charge in [0.25, 0.3) is 5.91 Å². The monoisotopic (exact) mass is 348 g/mol. The number of likely N-dealkylation sites (tertiary alicyclic amines) is 1. The minimum Gasteiger partial charge on any atom is -0.338 e. The van der Waals surface area contributed by atoms with E-state index in [0.29, 0.717) is 6.54 Å². The highest BCUT2D eigenvalue weighted by molar-refractivity contribution is 5.95. The van der Waals surface area contributed by atoms with Gasteiger partial charge in [-0.05, 0) is 24.8 Å². The minimum atomic E-state index is 0. The van der Waals surface area contributed by atoms with Crippen molar-refractivity contribution in [2.45, 2.75) is 38.8 Å². The van der Waals surface area contributed by atoms with Gasteiger partial charge in [0.2, 0.25) is 0 Å². The normalized spacial score (nSPS) is 15.2. The van der Waals surface area contributed by atoms with Crippen LogP contribution >= 0.6 is 12.4 Å². The molecule has 1 fully saturated rings. The van der Waals surface area contributed by atoms with Gasteiger partial charge < -0.3 is 10.6 Å². The van der Waals surface area contributed by atoms with Crippen molar-refractivity contribution in [2.75, 3.05) is 13.1 Å². The molecule has 1 amide bonds. The molecule has 0 bridgehead atoms. The van der Waals surface area contributed by atoms with Gasteiger partial charge in [-0.2, -0.15) is 5.10 Å². The van der Waals surface area contributed by atoms with Gasteiger partial charge in [0.15, 0.2) is 0 Å². The average molecular weight is 349 g/mol. The minimum absolute atomic E-state index is 0. The molecule has 6 heteroatoms. The lowest BCUT2D eigenvalue weighted by Crippen LogP contribution is -2.43. The number of piperidine rings is 1. The largest absolute Gasteiger partial charge is 0.338 e. The van der Waals surface area contributed by atoms with Crippen LogP contribution in [0.5, 0.6) is 0 Å². The van der Waals surface area contributed by atoms with Crippen LogP contribution in [-0.2, 0) is 13.0 Å². The van der Waals surface area contributed by atoms with E-state index >= 15 is 0 Å². The third kappa shape index (κ3) is 3.97. The Bertz CT molecular complexity index is 663. The molecule has 2 heterocycles. The third-order valence-electron chi connectivity index (χ3n) is 4.52. The molecule has 5 nitrogen and oxygen atoms in total. The number of aromatic nitrogens is 2. The molecule has 0 aliphatic carbocycles. The van der Waals surface area contributed by atoms with E-state index in [9.17, 15) is 4.79 Å². The maximum absolute atomic E-state index is 12.8. The zero-order chi connectivity index (χ0) is 16.2. The molecule has 1 aliphatic rings. The summed E-state index contributed by atoms with van der Waals surface area (Å²) in [6, 6.07) is 10.4. The van der Waals surface area contributed by atoms with E-state index in [4.69, 9.17) is 5.73 Å². The lowest BCUT2D eigenvalue weighted by Gasteiger charge is -2.30. The summed E-state index contributed by atoms with van der Waals surface area (Å²) in [7, 11) is 0. The second kappa shape index (κ2) is 8.31. The van der Waals surface area contributed by atoms with Gasteiger partial charge in [0.1, 0.15) is 0 Å². The molecule has 0 radical (unpaired) electrons. The van der Waals surface area contributed by atoms with Crippen LogP contribution in [-0.4, -0.2) is 39.7 Å². The van der Waals surface area contributed by atoms with Crippen molar-refractivity contribution >= 4 is 18.3 Å². The number of benzene rings is 1. The fourth-order valence-corrected chi connectivity index (χ4v) is 3.13. The molecule has 1 aromatic carbocycles. The first-order valence-corrected chi connectivity index (χ1v) is 8.32. The van der Waals surface area contributed by atoms with Crippen molar-refractivity contribution in [1.82, 2.24) is 14.7 Å². The van der Waals surface area contributed by atoms with Crippen LogP contribution in [0.15, 0.2) is 36.5 Å². The number of nitrogens with zero attached hydrogens (tertiary/aromatic N) is 3. The summed E-state index contributed by atoms with van der Waals surface area (Å²) < 4.78 is 1.94. The fraction of sp³-hybridized carbons (Fsp3) is 0.444. The van der Waals surface area contributed by atoms with Crippen molar-refractivity contribution in [3.8, 4) is 0 Å². The van der Waals surface area contributed by atoms with Gasteiger partial charge in [0, 0.05) is 19.1 Å². The Labute approximate surface area is 149 Å². The van der Waals surface area contributed by atoms with E-state index < -0.39 is 0 Å². The standard InChI is InChI=1S/C18H24N4O.ClH/c1-2-17-16(18(23)21-10-8-15(19)9-11-21)12-20-22(17)13-14-6-4-3-5-7-14;/h3-7,12,15H,2,8-11,13,19H2,1H3;1H. The molecule has 2 aromatic rings. The number of halogens is 1. The molecule has 0 spiro atoms. The maximum atomic E-state index is 12.8. The average Bonchev–Trinajstić information content (AvgIpc) is 2.98. The molecular formula is C18H25ClN4O. The van der Waals surface area contributed by atoms with Crippen LogP contribution in [0, 0.1) is 0 Å². The quantitative estimate of drug-likeness (QED) is 0.923. The van der Waals surface area contributed by atoms with E-state index in [1.165, 1.54) is 5.56 Å². The van der Waals surface area contributed by atoms with Gasteiger partial charge in [-0.3, -0.25) is 9.48 Å². The van der Waals surface area contributed by atoms with E-state index in [0.717, 1.165) is 43.6 Å². The summed E-state index contributed by atoms with van der Waals surface area (Å²) in [6.45, 7) is 4.25. The van der Waals surface area contributed by atoms with Crippen LogP contribution < -0.4 is 5.73 Å². The first-order valence-electron chi connectivity index (χ1n) is 8.32. The first-order chi connectivity index (χ1) is 11.2. The van der Waals surface area contributed by atoms with E-state index in [2.05, 4.69) is 24.2 Å². The number of carbonyl (C=O) groups excluding carboxylic acids is 1. The molecule has 0 unspecified atom stereocenters. The number of amides is 1. The lowest BCUT2D eigenvalue weighted by molar-refractivity contribution is 0.0713. The summed E-state index contributed by atoms with van der Waals surface area (Å²) in [6.07, 6.45) is 4.27. The van der Waals surface area contributed by atoms with Crippen molar-refractivity contribution in [1.29, 1.82) is 0 Å². The van der Waals surface area contributed by atoms with Crippen LogP contribution in [0.25, 0.3) is 0 Å². The molecule has 0 saturated carbocycles. The van der Waals surface area contributed by atoms with Gasteiger partial charge in [-0.15, -0.1) is 12.4 Å². The smallest absolute Gasteiger partial charge is 0.257 e. The van der Waals surface area contributed by atoms with Crippen molar-refractivity contribution in [3.63, 3.8) is 0 Å². The zero-order valence-corrected chi connectivity index (χ0v) is 14.8. The molecular weight excluding hydrogens is 324 g/mol. The highest BCUT2D eigenvalue weighted by Crippen LogP contribution is 2.17. The SMILES string of the molecule is CCc1c(C(=O)N2CCC(N)CC2)cnn1Cc1ccccc1.Cl. The topological polar surface area (TPSA) is 64.2 Å². The predicted molar refractivity (Wildman–Crippen MR) is 97.5 cm³/mol. The highest BCUT2D eigenvalue weighted by Gasteiger charge is 2.25. The molecule has 1 aliphatic heterocycles. The Kier molecular flexibility index (Phi) is 6.40. The molecule has 24 heavy (non-hydrogen) atoms.